The Labute approximate surface area is 210 Å². The topological polar surface area (TPSA) is 118 Å². The number of halogens is 2. The molecule has 37 heavy (non-hydrogen) atoms. The van der Waals surface area contributed by atoms with E-state index in [1.807, 2.05) is 32.2 Å². The highest BCUT2D eigenvalue weighted by atomic mass is 19.3. The van der Waals surface area contributed by atoms with E-state index in [-0.39, 0.29) is 17.9 Å². The van der Waals surface area contributed by atoms with Gasteiger partial charge in [0, 0.05) is 19.5 Å². The Balaban J connectivity index is 1.40. The van der Waals surface area contributed by atoms with Gasteiger partial charge in [-0.3, -0.25) is 0 Å². The smallest absolute Gasteiger partial charge is 0.290 e. The molecule has 4 heterocycles. The van der Waals surface area contributed by atoms with Gasteiger partial charge < -0.3 is 20.4 Å². The molecule has 10 nitrogen and oxygen atoms in total. The first-order valence-corrected chi connectivity index (χ1v) is 11.6. The van der Waals surface area contributed by atoms with Gasteiger partial charge >= 0.3 is 0 Å². The highest BCUT2D eigenvalue weighted by Gasteiger charge is 2.41. The zero-order valence-electron chi connectivity index (χ0n) is 20.3. The first kappa shape index (κ1) is 22.8. The molecule has 0 saturated carbocycles. The van der Waals surface area contributed by atoms with Crippen molar-refractivity contribution in [2.75, 3.05) is 17.7 Å². The van der Waals surface area contributed by atoms with Crippen molar-refractivity contribution >= 4 is 34.2 Å². The van der Waals surface area contributed by atoms with Gasteiger partial charge in [-0.15, -0.1) is 0 Å². The van der Waals surface area contributed by atoms with E-state index in [0.717, 1.165) is 5.56 Å². The highest BCUT2D eigenvalue weighted by molar-refractivity contribution is 5.92. The van der Waals surface area contributed by atoms with Crippen LogP contribution < -0.4 is 15.4 Å². The Morgan fingerprint density at radius 1 is 1.05 bits per heavy atom. The minimum Gasteiger partial charge on any atom is -0.494 e. The number of H-pyrrole nitrogens is 1. The van der Waals surface area contributed by atoms with Crippen LogP contribution in [0.3, 0.4) is 0 Å². The van der Waals surface area contributed by atoms with Crippen LogP contribution >= 0.6 is 0 Å². The maximum absolute atomic E-state index is 14.3. The van der Waals surface area contributed by atoms with Crippen LogP contribution in [-0.2, 0) is 19.4 Å². The number of benzene rings is 1. The lowest BCUT2D eigenvalue weighted by Crippen LogP contribution is -2.11. The zero-order chi connectivity index (χ0) is 25.7. The summed E-state index contributed by atoms with van der Waals surface area (Å²) in [5, 5.41) is 10.6. The molecular formula is C25H23F2N9O. The van der Waals surface area contributed by atoms with Crippen LogP contribution in [0.2, 0.25) is 0 Å². The molecule has 0 aliphatic heterocycles. The molecule has 0 radical (unpaired) electrons. The van der Waals surface area contributed by atoms with Gasteiger partial charge in [0.15, 0.2) is 17.2 Å². The third-order valence-corrected chi connectivity index (χ3v) is 6.30. The number of pyridine rings is 2. The molecule has 0 bridgehead atoms. The molecule has 1 aliphatic rings. The van der Waals surface area contributed by atoms with E-state index in [9.17, 15) is 8.78 Å². The molecule has 0 spiro atoms. The fourth-order valence-corrected chi connectivity index (χ4v) is 4.60. The Bertz CT molecular complexity index is 1640. The van der Waals surface area contributed by atoms with E-state index in [1.54, 1.807) is 30.0 Å². The molecule has 12 heteroatoms. The largest absolute Gasteiger partial charge is 0.494 e. The molecule has 3 N–H and O–H groups in total. The molecule has 0 fully saturated rings. The quantitative estimate of drug-likeness (QED) is 0.297. The summed E-state index contributed by atoms with van der Waals surface area (Å²) in [5.74, 6) is -0.322. The highest BCUT2D eigenvalue weighted by Crippen LogP contribution is 2.41. The summed E-state index contributed by atoms with van der Waals surface area (Å²) < 4.78 is 35.9. The minimum absolute atomic E-state index is 0.181. The van der Waals surface area contributed by atoms with Crippen molar-refractivity contribution in [1.29, 1.82) is 0 Å². The normalized spacial score (nSPS) is 14.1. The molecule has 1 aromatic carbocycles. The molecule has 6 rings (SSSR count). The monoisotopic (exact) mass is 503 g/mol. The number of aromatic nitrogens is 7. The molecule has 4 aromatic heterocycles. The van der Waals surface area contributed by atoms with Crippen LogP contribution in [0.25, 0.3) is 22.6 Å². The second-order valence-electron chi connectivity index (χ2n) is 8.83. The summed E-state index contributed by atoms with van der Waals surface area (Å²) in [6.45, 7) is 1.83. The summed E-state index contributed by atoms with van der Waals surface area (Å²) in [5.41, 5.74) is 3.61. The number of methoxy groups -OCH3 is 1. The Morgan fingerprint density at radius 2 is 1.92 bits per heavy atom. The van der Waals surface area contributed by atoms with Crippen molar-refractivity contribution < 1.29 is 13.5 Å². The predicted molar refractivity (Wildman–Crippen MR) is 135 cm³/mol. The third-order valence-electron chi connectivity index (χ3n) is 6.30. The number of hydrogen-bond donors (Lipinski definition) is 3. The van der Waals surface area contributed by atoms with E-state index in [0.29, 0.717) is 57.7 Å². The van der Waals surface area contributed by atoms with Gasteiger partial charge in [-0.05, 0) is 37.1 Å². The number of hydrogen-bond acceptors (Lipinski definition) is 8. The fourth-order valence-electron chi connectivity index (χ4n) is 4.60. The number of aryl methyl sites for hydroxylation is 3. The lowest BCUT2D eigenvalue weighted by Gasteiger charge is -2.16. The third kappa shape index (κ3) is 3.99. The number of ether oxygens (including phenoxy) is 1. The summed E-state index contributed by atoms with van der Waals surface area (Å²) >= 11 is 0. The number of anilines is 4. The van der Waals surface area contributed by atoms with E-state index in [4.69, 9.17) is 4.74 Å². The standard InChI is InChI=1S/C25H23F2N9O/c1-13-30-20-17(32-16-6-4-5-15(21(16)37-3)24-28-12-29-36(24)2)11-19(35-23(20)31-13)33-18-8-7-14-9-10-25(26,27)22(14)34-18/h4-8,11-12H,9-10H2,1-3H3,(H3,30,31,32,33,34,35). The number of aromatic amines is 1. The van der Waals surface area contributed by atoms with E-state index >= 15 is 0 Å². The van der Waals surface area contributed by atoms with Gasteiger partial charge in [0.2, 0.25) is 0 Å². The van der Waals surface area contributed by atoms with Gasteiger partial charge in [0.05, 0.1) is 24.0 Å². The number of rotatable bonds is 6. The number of imidazole rings is 1. The molecule has 0 saturated heterocycles. The lowest BCUT2D eigenvalue weighted by molar-refractivity contribution is -0.00581. The van der Waals surface area contributed by atoms with Crippen molar-refractivity contribution in [3.05, 3.63) is 59.8 Å². The summed E-state index contributed by atoms with van der Waals surface area (Å²) in [6.07, 6.45) is 1.57. The van der Waals surface area contributed by atoms with Crippen LogP contribution in [0, 0.1) is 6.92 Å². The average Bonchev–Trinajstić information content (AvgIpc) is 3.55. The fraction of sp³-hybridized carbons (Fsp3) is 0.240. The van der Waals surface area contributed by atoms with E-state index < -0.39 is 5.92 Å². The summed E-state index contributed by atoms with van der Waals surface area (Å²) in [7, 11) is 3.39. The summed E-state index contributed by atoms with van der Waals surface area (Å²) in [6, 6.07) is 10.8. The SMILES string of the molecule is COc1c(Nc2cc(Nc3ccc4c(n3)C(F)(F)CC4)nc3[nH]c(C)nc23)cccc1-c1ncnn1C. The van der Waals surface area contributed by atoms with E-state index in [1.165, 1.54) is 6.33 Å². The molecule has 0 unspecified atom stereocenters. The molecule has 1 aliphatic carbocycles. The zero-order valence-corrected chi connectivity index (χ0v) is 20.3. The number of nitrogens with one attached hydrogen (secondary N) is 3. The van der Waals surface area contributed by atoms with Gasteiger partial charge in [-0.1, -0.05) is 12.1 Å². The molecular weight excluding hydrogens is 480 g/mol. The van der Waals surface area contributed by atoms with Gasteiger partial charge in [-0.25, -0.2) is 24.6 Å². The van der Waals surface area contributed by atoms with Gasteiger partial charge in [-0.2, -0.15) is 13.9 Å². The van der Waals surface area contributed by atoms with Crippen molar-refractivity contribution in [2.45, 2.75) is 25.7 Å². The van der Waals surface area contributed by atoms with Crippen LogP contribution in [0.15, 0.2) is 42.7 Å². The molecule has 0 amide bonds. The number of alkyl halides is 2. The first-order chi connectivity index (χ1) is 17.8. The van der Waals surface area contributed by atoms with E-state index in [2.05, 4.69) is 40.7 Å². The van der Waals surface area contributed by atoms with Crippen molar-refractivity contribution in [1.82, 2.24) is 34.7 Å². The van der Waals surface area contributed by atoms with Crippen LogP contribution in [-0.4, -0.2) is 41.8 Å². The molecule has 5 aromatic rings. The second-order valence-corrected chi connectivity index (χ2v) is 8.83. The maximum atomic E-state index is 14.3. The average molecular weight is 504 g/mol. The van der Waals surface area contributed by atoms with Crippen LogP contribution in [0.1, 0.15) is 23.5 Å². The Hall–Kier alpha value is -4.61. The van der Waals surface area contributed by atoms with Crippen LogP contribution in [0.5, 0.6) is 5.75 Å². The first-order valence-electron chi connectivity index (χ1n) is 11.6. The lowest BCUT2D eigenvalue weighted by atomic mass is 10.1. The van der Waals surface area contributed by atoms with Crippen LogP contribution in [0.4, 0.5) is 31.8 Å². The number of para-hydroxylation sites is 1. The van der Waals surface area contributed by atoms with Crippen molar-refractivity contribution in [3.63, 3.8) is 0 Å². The second kappa shape index (κ2) is 8.50. The Morgan fingerprint density at radius 3 is 2.70 bits per heavy atom. The molecule has 188 valence electrons. The number of fused-ring (bicyclic) bond motifs is 2. The van der Waals surface area contributed by atoms with Gasteiger partial charge in [0.1, 0.15) is 35.0 Å². The molecule has 0 atom stereocenters. The van der Waals surface area contributed by atoms with Gasteiger partial charge in [0.25, 0.3) is 5.92 Å². The minimum atomic E-state index is -2.93. The predicted octanol–water partition coefficient (Wildman–Crippen LogP) is 4.99. The van der Waals surface area contributed by atoms with Crippen molar-refractivity contribution in [3.8, 4) is 17.1 Å². The number of nitrogens with zero attached hydrogens (tertiary/aromatic N) is 6. The Kier molecular flexibility index (Phi) is 5.25. The summed E-state index contributed by atoms with van der Waals surface area (Å²) in [4.78, 5) is 20.8. The van der Waals surface area contributed by atoms with Crippen molar-refractivity contribution in [2.24, 2.45) is 7.05 Å². The maximum Gasteiger partial charge on any atom is 0.290 e.